The molecular formula is C51H53N5O13. The average Bonchev–Trinajstić information content (AvgIpc) is 4.25. The molecule has 1 amide bonds. The maximum Gasteiger partial charge on any atom is 0.279 e. The molecule has 0 fully saturated rings. The molecule has 0 radical (unpaired) electrons. The van der Waals surface area contributed by atoms with Crippen molar-refractivity contribution in [1.82, 2.24) is 25.5 Å². The van der Waals surface area contributed by atoms with Crippen LogP contribution in [0.2, 0.25) is 0 Å². The third-order valence-electron chi connectivity index (χ3n) is 10.5. The fourth-order valence-corrected chi connectivity index (χ4v) is 6.83. The Morgan fingerprint density at radius 3 is 1.46 bits per heavy atom. The number of furan rings is 2. The summed E-state index contributed by atoms with van der Waals surface area (Å²) >= 11 is 0. The normalized spacial score (nSPS) is 11.6. The van der Waals surface area contributed by atoms with E-state index < -0.39 is 12.2 Å². The van der Waals surface area contributed by atoms with Crippen LogP contribution < -0.4 is 18.9 Å². The van der Waals surface area contributed by atoms with Crippen LogP contribution in [-0.2, 0) is 19.1 Å². The molecule has 360 valence electrons. The number of ether oxygens (including phenoxy) is 6. The number of carbonyl (C=O) groups is 2. The van der Waals surface area contributed by atoms with E-state index in [2.05, 4.69) is 20.4 Å². The van der Waals surface area contributed by atoms with Gasteiger partial charge in [0.25, 0.3) is 5.91 Å². The number of aryl methyl sites for hydroxylation is 2. The maximum atomic E-state index is 13.2. The van der Waals surface area contributed by atoms with Gasteiger partial charge in [-0.1, -0.05) is 24.3 Å². The Hall–Kier alpha value is -8.06. The second-order valence-corrected chi connectivity index (χ2v) is 14.9. The lowest BCUT2D eigenvalue weighted by Gasteiger charge is -2.20. The standard InChI is InChI=1S/C25H24N2O6.C14H17N3O4.C12H12O3/c1-14-21(29-3)12-18(13-22(14)30-4)19-10-11-20(33-19)23(28)24(31-5)16-6-8-17(9-7-16)25-27-26-15(2)32-25;1-9-15-16-13(21-9)11-7-5-10(6-8-11)12(19-3)14(18)17(2)20-4;1-13-10-6-9(7-11(8-10)14-2)12-4-3-5-15-12/h6-13,24H,1-5H3;5-8,12H,1-4H3;3-8H,1-2H3. The van der Waals surface area contributed by atoms with E-state index in [-0.39, 0.29) is 17.5 Å². The van der Waals surface area contributed by atoms with Gasteiger partial charge in [0, 0.05) is 69.0 Å². The Bertz CT molecular complexity index is 2860. The van der Waals surface area contributed by atoms with E-state index in [9.17, 15) is 9.59 Å². The largest absolute Gasteiger partial charge is 0.497 e. The van der Waals surface area contributed by atoms with Crippen molar-refractivity contribution in [1.29, 1.82) is 0 Å². The van der Waals surface area contributed by atoms with Crippen LogP contribution >= 0.6 is 0 Å². The predicted octanol–water partition coefficient (Wildman–Crippen LogP) is 9.92. The quantitative estimate of drug-likeness (QED) is 0.0652. The van der Waals surface area contributed by atoms with Gasteiger partial charge >= 0.3 is 0 Å². The van der Waals surface area contributed by atoms with Crippen LogP contribution in [0.3, 0.4) is 0 Å². The van der Waals surface area contributed by atoms with Crippen LogP contribution in [0, 0.1) is 20.8 Å². The highest BCUT2D eigenvalue weighted by Gasteiger charge is 2.26. The molecule has 4 aromatic heterocycles. The minimum atomic E-state index is -0.829. The van der Waals surface area contributed by atoms with Crippen molar-refractivity contribution in [3.05, 3.63) is 144 Å². The van der Waals surface area contributed by atoms with Crippen molar-refractivity contribution in [3.8, 4) is 68.6 Å². The van der Waals surface area contributed by atoms with E-state index in [4.69, 9.17) is 50.9 Å². The third-order valence-corrected chi connectivity index (χ3v) is 10.5. The molecule has 18 nitrogen and oxygen atoms in total. The van der Waals surface area contributed by atoms with Gasteiger partial charge in [0.1, 0.15) is 40.6 Å². The zero-order valence-corrected chi connectivity index (χ0v) is 40.1. The van der Waals surface area contributed by atoms with Crippen LogP contribution in [0.25, 0.3) is 45.6 Å². The number of methoxy groups -OCH3 is 6. The molecule has 0 saturated carbocycles. The molecule has 0 aliphatic carbocycles. The number of likely N-dealkylation sites (N-methyl/N-ethyl adjacent to an activating group) is 1. The number of hydrogen-bond donors (Lipinski definition) is 0. The Morgan fingerprint density at radius 2 is 1.04 bits per heavy atom. The number of carbonyl (C=O) groups excluding carboxylic acids is 2. The predicted molar refractivity (Wildman–Crippen MR) is 252 cm³/mol. The summed E-state index contributed by atoms with van der Waals surface area (Å²) in [6, 6.07) is 30.8. The zero-order chi connectivity index (χ0) is 49.6. The van der Waals surface area contributed by atoms with Crippen molar-refractivity contribution in [2.24, 2.45) is 0 Å². The third kappa shape index (κ3) is 12.3. The molecule has 4 aromatic carbocycles. The Balaban J connectivity index is 0.000000185. The molecule has 8 aromatic rings. The van der Waals surface area contributed by atoms with E-state index in [0.717, 1.165) is 50.1 Å². The summed E-state index contributed by atoms with van der Waals surface area (Å²) in [6.07, 6.45) is 0.0827. The average molecular weight is 944 g/mol. The highest BCUT2D eigenvalue weighted by molar-refractivity contribution is 5.98. The molecular weight excluding hydrogens is 891 g/mol. The minimum Gasteiger partial charge on any atom is -0.497 e. The van der Waals surface area contributed by atoms with Crippen LogP contribution in [0.1, 0.15) is 51.2 Å². The fourth-order valence-electron chi connectivity index (χ4n) is 6.83. The number of aromatic nitrogens is 4. The highest BCUT2D eigenvalue weighted by Crippen LogP contribution is 2.36. The van der Waals surface area contributed by atoms with E-state index in [1.165, 1.54) is 28.4 Å². The number of nitrogens with zero attached hydrogens (tertiary/aromatic N) is 5. The van der Waals surface area contributed by atoms with Gasteiger partial charge in [0.2, 0.25) is 29.3 Å². The van der Waals surface area contributed by atoms with Gasteiger partial charge in [-0.25, -0.2) is 5.06 Å². The summed E-state index contributed by atoms with van der Waals surface area (Å²) in [6.45, 7) is 5.36. The van der Waals surface area contributed by atoms with Crippen molar-refractivity contribution >= 4 is 11.7 Å². The number of hydrogen-bond acceptors (Lipinski definition) is 17. The van der Waals surface area contributed by atoms with Gasteiger partial charge in [-0.3, -0.25) is 14.4 Å². The van der Waals surface area contributed by atoms with E-state index in [0.29, 0.717) is 51.9 Å². The SMILES string of the molecule is COC(C(=O)N(C)OC)c1ccc(-c2nnc(C)o2)cc1.COc1cc(-c2ccc(C(=O)C(OC)c3ccc(-c4nnc(C)o4)cc3)o2)cc(OC)c1C.COc1cc(OC)cc(-c2ccco2)c1. The van der Waals surface area contributed by atoms with Gasteiger partial charge in [-0.05, 0) is 90.8 Å². The smallest absolute Gasteiger partial charge is 0.279 e. The van der Waals surface area contributed by atoms with Crippen molar-refractivity contribution in [3.63, 3.8) is 0 Å². The summed E-state index contributed by atoms with van der Waals surface area (Å²) in [5, 5.41) is 16.7. The summed E-state index contributed by atoms with van der Waals surface area (Å²) in [5.41, 5.74) is 5.49. The Kier molecular flexibility index (Phi) is 17.2. The summed E-state index contributed by atoms with van der Waals surface area (Å²) in [4.78, 5) is 30.2. The highest BCUT2D eigenvalue weighted by atomic mass is 16.7. The molecule has 0 saturated heterocycles. The number of amides is 1. The van der Waals surface area contributed by atoms with Gasteiger partial charge < -0.3 is 46.1 Å². The summed E-state index contributed by atoms with van der Waals surface area (Å²) < 4.78 is 54.0. The maximum absolute atomic E-state index is 13.2. The molecule has 69 heavy (non-hydrogen) atoms. The van der Waals surface area contributed by atoms with E-state index in [1.807, 2.05) is 49.4 Å². The topological polar surface area (TPSA) is 206 Å². The summed E-state index contributed by atoms with van der Waals surface area (Å²) in [5.74, 6) is 5.59. The first-order valence-electron chi connectivity index (χ1n) is 21.2. The van der Waals surface area contributed by atoms with Gasteiger partial charge in [-0.2, -0.15) is 0 Å². The molecule has 0 aliphatic heterocycles. The number of benzene rings is 4. The number of ketones is 1. The van der Waals surface area contributed by atoms with Crippen LogP contribution in [0.4, 0.5) is 0 Å². The van der Waals surface area contributed by atoms with Gasteiger partial charge in [-0.15, -0.1) is 20.4 Å². The number of rotatable bonds is 16. The molecule has 0 bridgehead atoms. The number of Topliss-reactive ketones (excluding diaryl/α,β-unsaturated/α-hetero) is 1. The first-order chi connectivity index (χ1) is 33.3. The summed E-state index contributed by atoms with van der Waals surface area (Å²) in [7, 11) is 12.4. The second-order valence-electron chi connectivity index (χ2n) is 14.9. The van der Waals surface area contributed by atoms with Gasteiger partial charge in [0.05, 0.1) is 41.8 Å². The lowest BCUT2D eigenvalue weighted by atomic mass is 10.0. The van der Waals surface area contributed by atoms with Gasteiger partial charge in [0.15, 0.2) is 11.9 Å². The zero-order valence-electron chi connectivity index (χ0n) is 40.1. The molecule has 8 rings (SSSR count). The lowest BCUT2D eigenvalue weighted by Crippen LogP contribution is -2.31. The Labute approximate surface area is 398 Å². The second kappa shape index (κ2) is 23.6. The lowest BCUT2D eigenvalue weighted by molar-refractivity contribution is -0.179. The monoisotopic (exact) mass is 943 g/mol. The first kappa shape index (κ1) is 50.4. The molecule has 0 spiro atoms. The minimum absolute atomic E-state index is 0.187. The molecule has 2 atom stereocenters. The first-order valence-corrected chi connectivity index (χ1v) is 21.2. The Morgan fingerprint density at radius 1 is 0.536 bits per heavy atom. The number of hydroxylamine groups is 2. The van der Waals surface area contributed by atoms with Crippen molar-refractivity contribution < 1.29 is 60.5 Å². The fraction of sp³-hybridized carbons (Fsp3) is 0.255. The van der Waals surface area contributed by atoms with E-state index in [1.54, 1.807) is 109 Å². The van der Waals surface area contributed by atoms with Crippen molar-refractivity contribution in [2.45, 2.75) is 33.0 Å². The van der Waals surface area contributed by atoms with Crippen LogP contribution in [-0.4, -0.2) is 94.0 Å². The molecule has 2 unspecified atom stereocenters. The van der Waals surface area contributed by atoms with Crippen LogP contribution in [0.15, 0.2) is 127 Å². The van der Waals surface area contributed by atoms with Crippen molar-refractivity contribution in [2.75, 3.05) is 56.8 Å². The molecule has 18 heteroatoms. The molecule has 0 N–H and O–H groups in total. The molecule has 4 heterocycles. The van der Waals surface area contributed by atoms with Crippen LogP contribution in [0.5, 0.6) is 23.0 Å². The van der Waals surface area contributed by atoms with E-state index >= 15 is 0 Å². The molecule has 0 aliphatic rings.